The van der Waals surface area contributed by atoms with E-state index in [1.807, 2.05) is 45.0 Å². The molecule has 106 valence electrons. The lowest BCUT2D eigenvalue weighted by Gasteiger charge is -2.06. The molecule has 0 aliphatic carbocycles. The average molecular weight is 292 g/mol. The second-order valence-electron chi connectivity index (χ2n) is 4.85. The van der Waals surface area contributed by atoms with Crippen LogP contribution in [0.5, 0.6) is 0 Å². The summed E-state index contributed by atoms with van der Waals surface area (Å²) in [4.78, 5) is 12.2. The van der Waals surface area contributed by atoms with Gasteiger partial charge in [-0.05, 0) is 44.9 Å². The Balaban J connectivity index is 1.96. The van der Waals surface area contributed by atoms with Crippen molar-refractivity contribution in [2.75, 3.05) is 6.54 Å². The van der Waals surface area contributed by atoms with Gasteiger partial charge in [-0.2, -0.15) is 0 Å². The standard InChI is InChI=1S/C16H18ClNO2/c1-10-11(2)20-12(3)15(10)16(19)18-8-7-13-5-4-6-14(17)9-13/h4-6,9H,7-8H2,1-3H3,(H,18,19). The second-order valence-corrected chi connectivity index (χ2v) is 5.29. The Morgan fingerprint density at radius 3 is 2.60 bits per heavy atom. The number of amides is 1. The molecule has 2 rings (SSSR count). The van der Waals surface area contributed by atoms with Crippen LogP contribution >= 0.6 is 11.6 Å². The van der Waals surface area contributed by atoms with Gasteiger partial charge in [0.15, 0.2) is 0 Å². The highest BCUT2D eigenvalue weighted by molar-refractivity contribution is 6.30. The summed E-state index contributed by atoms with van der Waals surface area (Å²) in [6.45, 7) is 6.15. The number of hydrogen-bond donors (Lipinski definition) is 1. The first kappa shape index (κ1) is 14.7. The van der Waals surface area contributed by atoms with Crippen LogP contribution in [0.1, 0.15) is 33.0 Å². The molecule has 4 heteroatoms. The molecular formula is C16H18ClNO2. The van der Waals surface area contributed by atoms with E-state index in [-0.39, 0.29) is 5.91 Å². The first-order valence-corrected chi connectivity index (χ1v) is 6.96. The maximum absolute atomic E-state index is 12.2. The minimum absolute atomic E-state index is 0.0844. The molecule has 1 amide bonds. The molecule has 3 nitrogen and oxygen atoms in total. The topological polar surface area (TPSA) is 42.2 Å². The van der Waals surface area contributed by atoms with E-state index < -0.39 is 0 Å². The van der Waals surface area contributed by atoms with Crippen molar-refractivity contribution >= 4 is 17.5 Å². The number of aryl methyl sites for hydroxylation is 2. The lowest BCUT2D eigenvalue weighted by molar-refractivity contribution is 0.0952. The van der Waals surface area contributed by atoms with Crippen LogP contribution in [0, 0.1) is 20.8 Å². The minimum Gasteiger partial charge on any atom is -0.466 e. The van der Waals surface area contributed by atoms with E-state index >= 15 is 0 Å². The van der Waals surface area contributed by atoms with Crippen LogP contribution in [0.3, 0.4) is 0 Å². The van der Waals surface area contributed by atoms with Gasteiger partial charge < -0.3 is 9.73 Å². The van der Waals surface area contributed by atoms with Gasteiger partial charge in [0, 0.05) is 17.1 Å². The van der Waals surface area contributed by atoms with E-state index in [9.17, 15) is 4.79 Å². The highest BCUT2D eigenvalue weighted by Crippen LogP contribution is 2.20. The quantitative estimate of drug-likeness (QED) is 0.930. The van der Waals surface area contributed by atoms with Gasteiger partial charge >= 0.3 is 0 Å². The fourth-order valence-corrected chi connectivity index (χ4v) is 2.44. The number of benzene rings is 1. The molecule has 0 atom stereocenters. The SMILES string of the molecule is Cc1oc(C)c(C(=O)NCCc2cccc(Cl)c2)c1C. The van der Waals surface area contributed by atoms with Gasteiger partial charge in [0.2, 0.25) is 0 Å². The van der Waals surface area contributed by atoms with Gasteiger partial charge in [0.25, 0.3) is 5.91 Å². The highest BCUT2D eigenvalue weighted by atomic mass is 35.5. The van der Waals surface area contributed by atoms with Crippen LogP contribution in [-0.4, -0.2) is 12.5 Å². The fourth-order valence-electron chi connectivity index (χ4n) is 2.23. The maximum atomic E-state index is 12.2. The summed E-state index contributed by atoms with van der Waals surface area (Å²) in [6.07, 6.45) is 0.751. The zero-order valence-corrected chi connectivity index (χ0v) is 12.7. The Bertz CT molecular complexity index is 631. The van der Waals surface area contributed by atoms with Crippen molar-refractivity contribution in [2.24, 2.45) is 0 Å². The lowest BCUT2D eigenvalue weighted by atomic mass is 10.1. The van der Waals surface area contributed by atoms with E-state index in [1.165, 1.54) is 0 Å². The molecule has 0 saturated carbocycles. The van der Waals surface area contributed by atoms with Gasteiger partial charge in [-0.1, -0.05) is 23.7 Å². The first-order valence-electron chi connectivity index (χ1n) is 6.58. The molecule has 0 fully saturated rings. The monoisotopic (exact) mass is 291 g/mol. The predicted octanol–water partition coefficient (Wildman–Crippen LogP) is 3.83. The third-order valence-electron chi connectivity index (χ3n) is 3.38. The second kappa shape index (κ2) is 6.14. The zero-order valence-electron chi connectivity index (χ0n) is 11.9. The Labute approximate surface area is 123 Å². The van der Waals surface area contributed by atoms with Crippen molar-refractivity contribution in [2.45, 2.75) is 27.2 Å². The molecule has 0 radical (unpaired) electrons. The molecule has 20 heavy (non-hydrogen) atoms. The van der Waals surface area contributed by atoms with Crippen molar-refractivity contribution in [1.29, 1.82) is 0 Å². The van der Waals surface area contributed by atoms with Gasteiger partial charge in [0.1, 0.15) is 11.5 Å². The summed E-state index contributed by atoms with van der Waals surface area (Å²) in [7, 11) is 0. The number of carbonyl (C=O) groups is 1. The molecule has 0 spiro atoms. The van der Waals surface area contributed by atoms with Crippen LogP contribution in [0.15, 0.2) is 28.7 Å². The van der Waals surface area contributed by atoms with Gasteiger partial charge in [0.05, 0.1) is 5.56 Å². The van der Waals surface area contributed by atoms with Crippen LogP contribution in [0.4, 0.5) is 0 Å². The number of carbonyl (C=O) groups excluding carboxylic acids is 1. The molecule has 1 aromatic heterocycles. The molecule has 1 N–H and O–H groups in total. The summed E-state index contributed by atoms with van der Waals surface area (Å²) in [5.74, 6) is 1.38. The molecule has 1 heterocycles. The maximum Gasteiger partial charge on any atom is 0.255 e. The van der Waals surface area contributed by atoms with Crippen LogP contribution in [0.2, 0.25) is 5.02 Å². The average Bonchev–Trinajstić information content (AvgIpc) is 2.63. The summed E-state index contributed by atoms with van der Waals surface area (Å²) in [6, 6.07) is 7.65. The van der Waals surface area contributed by atoms with Crippen molar-refractivity contribution in [3.8, 4) is 0 Å². The van der Waals surface area contributed by atoms with Gasteiger partial charge in [-0.25, -0.2) is 0 Å². The summed E-state index contributed by atoms with van der Waals surface area (Å²) in [5, 5.41) is 3.63. The highest BCUT2D eigenvalue weighted by Gasteiger charge is 2.17. The lowest BCUT2D eigenvalue weighted by Crippen LogP contribution is -2.26. The Hall–Kier alpha value is -1.74. The molecule has 1 aromatic carbocycles. The van der Waals surface area contributed by atoms with Gasteiger partial charge in [-0.3, -0.25) is 4.79 Å². The summed E-state index contributed by atoms with van der Waals surface area (Å²) < 4.78 is 5.47. The van der Waals surface area contributed by atoms with Crippen molar-refractivity contribution in [3.05, 3.63) is 57.5 Å². The van der Waals surface area contributed by atoms with Crippen LogP contribution in [0.25, 0.3) is 0 Å². The van der Waals surface area contributed by atoms with Crippen molar-refractivity contribution in [1.82, 2.24) is 5.32 Å². The van der Waals surface area contributed by atoms with Crippen LogP contribution in [-0.2, 0) is 6.42 Å². The molecule has 0 unspecified atom stereocenters. The van der Waals surface area contributed by atoms with E-state index in [0.29, 0.717) is 22.9 Å². The van der Waals surface area contributed by atoms with Crippen molar-refractivity contribution in [3.63, 3.8) is 0 Å². The molecule has 0 saturated heterocycles. The van der Waals surface area contributed by atoms with E-state index in [0.717, 1.165) is 23.3 Å². The third-order valence-corrected chi connectivity index (χ3v) is 3.61. The number of furan rings is 1. The zero-order chi connectivity index (χ0) is 14.7. The van der Waals surface area contributed by atoms with E-state index in [4.69, 9.17) is 16.0 Å². The largest absolute Gasteiger partial charge is 0.466 e. The van der Waals surface area contributed by atoms with Gasteiger partial charge in [-0.15, -0.1) is 0 Å². The number of hydrogen-bond acceptors (Lipinski definition) is 2. The Kier molecular flexibility index (Phi) is 4.50. The number of nitrogens with one attached hydrogen (secondary N) is 1. The molecule has 0 aliphatic heterocycles. The van der Waals surface area contributed by atoms with Crippen molar-refractivity contribution < 1.29 is 9.21 Å². The normalized spacial score (nSPS) is 10.6. The van der Waals surface area contributed by atoms with E-state index in [2.05, 4.69) is 5.32 Å². The van der Waals surface area contributed by atoms with E-state index in [1.54, 1.807) is 0 Å². The predicted molar refractivity (Wildman–Crippen MR) is 80.4 cm³/mol. The smallest absolute Gasteiger partial charge is 0.255 e. The number of halogens is 1. The minimum atomic E-state index is -0.0844. The molecule has 0 aliphatic rings. The molecular weight excluding hydrogens is 274 g/mol. The Morgan fingerprint density at radius 2 is 2.00 bits per heavy atom. The fraction of sp³-hybridized carbons (Fsp3) is 0.312. The van der Waals surface area contributed by atoms with Crippen LogP contribution < -0.4 is 5.32 Å². The first-order chi connectivity index (χ1) is 9.49. The number of rotatable bonds is 4. The Morgan fingerprint density at radius 1 is 1.25 bits per heavy atom. The molecule has 2 aromatic rings. The molecule has 0 bridgehead atoms. The summed E-state index contributed by atoms with van der Waals surface area (Å²) >= 11 is 5.93. The summed E-state index contributed by atoms with van der Waals surface area (Å²) in [5.41, 5.74) is 2.66. The third kappa shape index (κ3) is 3.23.